The quantitative estimate of drug-likeness (QED) is 0.752. The number of pyridine rings is 2. The number of para-hydroxylation sites is 2. The predicted octanol–water partition coefficient (Wildman–Crippen LogP) is 3.48. The van der Waals surface area contributed by atoms with E-state index >= 15 is 0 Å². The fourth-order valence-electron chi connectivity index (χ4n) is 2.21. The molecule has 0 aliphatic heterocycles. The minimum absolute atomic E-state index is 0.287. The highest BCUT2D eigenvalue weighted by molar-refractivity contribution is 6.07. The normalized spacial score (nSPS) is 10.0. The smallest absolute Gasteiger partial charge is 0.261 e. The Kier molecular flexibility index (Phi) is 4.67. The van der Waals surface area contributed by atoms with Crippen LogP contribution in [0.4, 0.5) is 17.1 Å². The summed E-state index contributed by atoms with van der Waals surface area (Å²) < 4.78 is 5.14. The van der Waals surface area contributed by atoms with Gasteiger partial charge in [-0.1, -0.05) is 12.1 Å². The van der Waals surface area contributed by atoms with Crippen molar-refractivity contribution >= 4 is 23.0 Å². The molecule has 1 amide bonds. The first-order valence-corrected chi connectivity index (χ1v) is 7.34. The summed E-state index contributed by atoms with van der Waals surface area (Å²) in [5.41, 5.74) is 2.69. The lowest BCUT2D eigenvalue weighted by Gasteiger charge is -2.13. The summed E-state index contributed by atoms with van der Waals surface area (Å²) in [7, 11) is 1.48. The average Bonchev–Trinajstić information content (AvgIpc) is 2.64. The first kappa shape index (κ1) is 15.5. The van der Waals surface area contributed by atoms with E-state index in [1.807, 2.05) is 36.4 Å². The number of carbonyl (C=O) groups is 1. The fourth-order valence-corrected chi connectivity index (χ4v) is 2.21. The molecule has 0 bridgehead atoms. The Morgan fingerprint density at radius 1 is 0.958 bits per heavy atom. The average molecular weight is 320 g/mol. The molecule has 1 aromatic carbocycles. The number of anilines is 3. The van der Waals surface area contributed by atoms with E-state index in [4.69, 9.17) is 4.74 Å². The molecule has 0 aliphatic rings. The molecule has 0 spiro atoms. The Morgan fingerprint density at radius 2 is 1.71 bits per heavy atom. The topological polar surface area (TPSA) is 76.1 Å². The van der Waals surface area contributed by atoms with Crippen molar-refractivity contribution in [3.05, 3.63) is 72.7 Å². The van der Waals surface area contributed by atoms with Crippen LogP contribution in [0.3, 0.4) is 0 Å². The number of ether oxygens (including phenoxy) is 1. The van der Waals surface area contributed by atoms with Gasteiger partial charge in [0.15, 0.2) is 0 Å². The highest BCUT2D eigenvalue weighted by Crippen LogP contribution is 2.26. The van der Waals surface area contributed by atoms with Gasteiger partial charge in [-0.15, -0.1) is 0 Å². The molecule has 0 radical (unpaired) electrons. The molecule has 3 rings (SSSR count). The number of nitrogens with zero attached hydrogens (tertiary/aromatic N) is 2. The molecule has 0 aliphatic carbocycles. The molecule has 3 aromatic rings. The molecule has 0 saturated carbocycles. The van der Waals surface area contributed by atoms with Crippen molar-refractivity contribution in [1.29, 1.82) is 0 Å². The highest BCUT2D eigenvalue weighted by atomic mass is 16.5. The van der Waals surface area contributed by atoms with E-state index in [1.54, 1.807) is 30.7 Å². The summed E-state index contributed by atoms with van der Waals surface area (Å²) in [4.78, 5) is 20.6. The van der Waals surface area contributed by atoms with Crippen LogP contribution in [0.1, 0.15) is 10.4 Å². The SMILES string of the molecule is COc1ncccc1C(=O)Nc1ccccc1Nc1ccncc1. The standard InChI is InChI=1S/C18H16N4O2/c1-24-18-14(5-4-10-20-18)17(23)22-16-7-3-2-6-15(16)21-13-8-11-19-12-9-13/h2-12H,1H3,(H,19,21)(H,22,23). The Balaban J connectivity index is 1.84. The van der Waals surface area contributed by atoms with Gasteiger partial charge in [-0.2, -0.15) is 0 Å². The summed E-state index contributed by atoms with van der Waals surface area (Å²) in [6, 6.07) is 14.5. The van der Waals surface area contributed by atoms with Crippen molar-refractivity contribution < 1.29 is 9.53 Å². The second kappa shape index (κ2) is 7.23. The fraction of sp³-hybridized carbons (Fsp3) is 0.0556. The van der Waals surface area contributed by atoms with E-state index in [2.05, 4.69) is 20.6 Å². The zero-order valence-electron chi connectivity index (χ0n) is 13.1. The lowest BCUT2D eigenvalue weighted by Crippen LogP contribution is -2.14. The summed E-state index contributed by atoms with van der Waals surface area (Å²) in [5, 5.41) is 6.14. The number of hydrogen-bond acceptors (Lipinski definition) is 5. The van der Waals surface area contributed by atoms with E-state index in [1.165, 1.54) is 7.11 Å². The third-order valence-electron chi connectivity index (χ3n) is 3.34. The number of amides is 1. The van der Waals surface area contributed by atoms with E-state index in [0.717, 1.165) is 11.4 Å². The minimum Gasteiger partial charge on any atom is -0.480 e. The molecular formula is C18H16N4O2. The Bertz CT molecular complexity index is 837. The largest absolute Gasteiger partial charge is 0.480 e. The van der Waals surface area contributed by atoms with Gasteiger partial charge in [0.25, 0.3) is 5.91 Å². The molecule has 2 aromatic heterocycles. The summed E-state index contributed by atoms with van der Waals surface area (Å²) >= 11 is 0. The van der Waals surface area contributed by atoms with Gasteiger partial charge in [0.1, 0.15) is 5.56 Å². The first-order valence-electron chi connectivity index (χ1n) is 7.34. The molecule has 24 heavy (non-hydrogen) atoms. The van der Waals surface area contributed by atoms with Gasteiger partial charge >= 0.3 is 0 Å². The number of nitrogens with one attached hydrogen (secondary N) is 2. The number of carbonyl (C=O) groups excluding carboxylic acids is 1. The Morgan fingerprint density at radius 3 is 2.46 bits per heavy atom. The molecule has 0 atom stereocenters. The van der Waals surface area contributed by atoms with Crippen LogP contribution >= 0.6 is 0 Å². The molecular weight excluding hydrogens is 304 g/mol. The molecule has 6 nitrogen and oxygen atoms in total. The van der Waals surface area contributed by atoms with E-state index < -0.39 is 0 Å². The highest BCUT2D eigenvalue weighted by Gasteiger charge is 2.14. The van der Waals surface area contributed by atoms with Gasteiger partial charge in [0.2, 0.25) is 5.88 Å². The number of benzene rings is 1. The Labute approximate surface area is 139 Å². The molecule has 0 unspecified atom stereocenters. The van der Waals surface area contributed by atoms with Crippen LogP contribution in [0.5, 0.6) is 5.88 Å². The van der Waals surface area contributed by atoms with Crippen molar-refractivity contribution in [3.8, 4) is 5.88 Å². The van der Waals surface area contributed by atoms with Crippen molar-refractivity contribution in [2.45, 2.75) is 0 Å². The molecule has 0 fully saturated rings. The first-order chi connectivity index (χ1) is 11.8. The van der Waals surface area contributed by atoms with Crippen LogP contribution in [0.25, 0.3) is 0 Å². The maximum atomic E-state index is 12.5. The zero-order valence-corrected chi connectivity index (χ0v) is 13.1. The monoisotopic (exact) mass is 320 g/mol. The van der Waals surface area contributed by atoms with E-state index in [-0.39, 0.29) is 11.8 Å². The van der Waals surface area contributed by atoms with Gasteiger partial charge in [-0.05, 0) is 36.4 Å². The van der Waals surface area contributed by atoms with Gasteiger partial charge in [-0.3, -0.25) is 9.78 Å². The second-order valence-corrected chi connectivity index (χ2v) is 4.92. The molecule has 6 heteroatoms. The second-order valence-electron chi connectivity index (χ2n) is 4.92. The van der Waals surface area contributed by atoms with Gasteiger partial charge in [-0.25, -0.2) is 4.98 Å². The Hall–Kier alpha value is -3.41. The third kappa shape index (κ3) is 3.49. The van der Waals surface area contributed by atoms with Crippen LogP contribution in [0, 0.1) is 0 Å². The third-order valence-corrected chi connectivity index (χ3v) is 3.34. The lowest BCUT2D eigenvalue weighted by atomic mass is 10.2. The molecule has 2 N–H and O–H groups in total. The van der Waals surface area contributed by atoms with E-state index in [9.17, 15) is 4.79 Å². The lowest BCUT2D eigenvalue weighted by molar-refractivity contribution is 0.102. The molecule has 120 valence electrons. The van der Waals surface area contributed by atoms with Gasteiger partial charge in [0.05, 0.1) is 18.5 Å². The number of aromatic nitrogens is 2. The van der Waals surface area contributed by atoms with Crippen molar-refractivity contribution in [3.63, 3.8) is 0 Å². The van der Waals surface area contributed by atoms with Crippen LogP contribution in [0.2, 0.25) is 0 Å². The summed E-state index contributed by atoms with van der Waals surface area (Å²) in [6.07, 6.45) is 4.97. The predicted molar refractivity (Wildman–Crippen MR) is 92.7 cm³/mol. The summed E-state index contributed by atoms with van der Waals surface area (Å²) in [6.45, 7) is 0. The van der Waals surface area contributed by atoms with E-state index in [0.29, 0.717) is 11.3 Å². The van der Waals surface area contributed by atoms with Gasteiger partial charge in [0, 0.05) is 24.3 Å². The molecule has 2 heterocycles. The summed E-state index contributed by atoms with van der Waals surface area (Å²) in [5.74, 6) is -0.00139. The maximum absolute atomic E-state index is 12.5. The van der Waals surface area contributed by atoms with Crippen molar-refractivity contribution in [2.75, 3.05) is 17.7 Å². The number of rotatable bonds is 5. The number of methoxy groups -OCH3 is 1. The van der Waals surface area contributed by atoms with Crippen molar-refractivity contribution in [1.82, 2.24) is 9.97 Å². The zero-order chi connectivity index (χ0) is 16.8. The van der Waals surface area contributed by atoms with Crippen LogP contribution in [-0.4, -0.2) is 23.0 Å². The number of hydrogen-bond donors (Lipinski definition) is 2. The maximum Gasteiger partial charge on any atom is 0.261 e. The van der Waals surface area contributed by atoms with Crippen molar-refractivity contribution in [2.24, 2.45) is 0 Å². The molecule has 0 saturated heterocycles. The van der Waals surface area contributed by atoms with Gasteiger partial charge < -0.3 is 15.4 Å². The van der Waals surface area contributed by atoms with Crippen LogP contribution in [0.15, 0.2) is 67.1 Å². The minimum atomic E-state index is -0.288. The van der Waals surface area contributed by atoms with Crippen LogP contribution < -0.4 is 15.4 Å². The van der Waals surface area contributed by atoms with Crippen LogP contribution in [-0.2, 0) is 0 Å².